The van der Waals surface area contributed by atoms with Crippen LogP contribution in [0.2, 0.25) is 5.02 Å². The van der Waals surface area contributed by atoms with Crippen LogP contribution in [0.25, 0.3) is 16.6 Å². The van der Waals surface area contributed by atoms with Crippen molar-refractivity contribution in [3.05, 3.63) is 63.2 Å². The molecule has 0 spiro atoms. The predicted octanol–water partition coefficient (Wildman–Crippen LogP) is 3.36. The molecule has 0 radical (unpaired) electrons. The van der Waals surface area contributed by atoms with Gasteiger partial charge < -0.3 is 10.2 Å². The summed E-state index contributed by atoms with van der Waals surface area (Å²) in [5.74, 6) is 0.623. The minimum atomic E-state index is -0.227. The molecule has 24 heavy (non-hydrogen) atoms. The molecule has 5 nitrogen and oxygen atoms in total. The minimum Gasteiger partial charge on any atom is -0.508 e. The van der Waals surface area contributed by atoms with Crippen LogP contribution in [0, 0.1) is 0 Å². The van der Waals surface area contributed by atoms with Crippen molar-refractivity contribution in [3.63, 3.8) is 0 Å². The summed E-state index contributed by atoms with van der Waals surface area (Å²) in [5, 5.41) is 19.9. The molecule has 0 amide bonds. The highest BCUT2D eigenvalue weighted by molar-refractivity contribution is 6.31. The zero-order chi connectivity index (χ0) is 17.4. The lowest BCUT2D eigenvalue weighted by atomic mass is 10.1. The van der Waals surface area contributed by atoms with Gasteiger partial charge in [0.25, 0.3) is 5.56 Å². The zero-order valence-corrected chi connectivity index (χ0v) is 14.1. The molecule has 2 N–H and O–H groups in total. The van der Waals surface area contributed by atoms with E-state index < -0.39 is 0 Å². The normalized spacial score (nSPS) is 11.4. The maximum atomic E-state index is 13.0. The molecule has 124 valence electrons. The van der Waals surface area contributed by atoms with Gasteiger partial charge in [0.15, 0.2) is 0 Å². The summed E-state index contributed by atoms with van der Waals surface area (Å²) >= 11 is 6.05. The average Bonchev–Trinajstić information content (AvgIpc) is 2.55. The van der Waals surface area contributed by atoms with Gasteiger partial charge in [-0.25, -0.2) is 4.98 Å². The van der Waals surface area contributed by atoms with Gasteiger partial charge in [0.05, 0.1) is 23.2 Å². The van der Waals surface area contributed by atoms with E-state index in [-0.39, 0.29) is 23.8 Å². The number of nitrogens with zero attached hydrogens (tertiary/aromatic N) is 2. The summed E-state index contributed by atoms with van der Waals surface area (Å²) in [5.41, 5.74) is 1.37. The van der Waals surface area contributed by atoms with E-state index >= 15 is 0 Å². The maximum absolute atomic E-state index is 13.0. The molecule has 0 bridgehead atoms. The zero-order valence-electron chi connectivity index (χ0n) is 13.3. The quantitative estimate of drug-likeness (QED) is 0.764. The van der Waals surface area contributed by atoms with Crippen LogP contribution in [0.1, 0.15) is 31.2 Å². The Balaban J connectivity index is 2.38. The molecule has 3 aromatic rings. The molecule has 1 aromatic heterocycles. The molecule has 0 aliphatic rings. The molecular formula is C18H17ClN2O3. The van der Waals surface area contributed by atoms with Crippen LogP contribution in [0.3, 0.4) is 0 Å². The maximum Gasteiger partial charge on any atom is 0.265 e. The van der Waals surface area contributed by atoms with Crippen LogP contribution >= 0.6 is 11.6 Å². The Labute approximate surface area is 143 Å². The number of fused-ring (bicyclic) bond motifs is 1. The molecule has 0 saturated heterocycles. The van der Waals surface area contributed by atoms with Crippen molar-refractivity contribution in [3.8, 4) is 11.4 Å². The third kappa shape index (κ3) is 2.77. The van der Waals surface area contributed by atoms with Crippen LogP contribution in [-0.4, -0.2) is 19.8 Å². The Bertz CT molecular complexity index is 980. The first-order chi connectivity index (χ1) is 11.4. The van der Waals surface area contributed by atoms with Gasteiger partial charge in [0, 0.05) is 17.0 Å². The second-order valence-corrected chi connectivity index (χ2v) is 6.31. The Morgan fingerprint density at radius 3 is 2.62 bits per heavy atom. The van der Waals surface area contributed by atoms with Crippen LogP contribution in [0.15, 0.2) is 41.2 Å². The van der Waals surface area contributed by atoms with Crippen LogP contribution in [0.4, 0.5) is 0 Å². The number of halogens is 1. The summed E-state index contributed by atoms with van der Waals surface area (Å²) < 4.78 is 1.53. The monoisotopic (exact) mass is 344 g/mol. The second-order valence-electron chi connectivity index (χ2n) is 5.90. The third-order valence-corrected chi connectivity index (χ3v) is 4.22. The number of benzene rings is 2. The molecule has 0 saturated carbocycles. The Morgan fingerprint density at radius 2 is 1.96 bits per heavy atom. The van der Waals surface area contributed by atoms with Gasteiger partial charge in [-0.2, -0.15) is 0 Å². The number of aliphatic hydroxyl groups is 1. The van der Waals surface area contributed by atoms with E-state index in [4.69, 9.17) is 11.6 Å². The van der Waals surface area contributed by atoms with Crippen molar-refractivity contribution in [2.75, 3.05) is 0 Å². The van der Waals surface area contributed by atoms with Crippen molar-refractivity contribution in [1.82, 2.24) is 9.55 Å². The van der Waals surface area contributed by atoms with E-state index in [1.165, 1.54) is 16.7 Å². The van der Waals surface area contributed by atoms with E-state index in [2.05, 4.69) is 4.98 Å². The molecule has 2 aromatic carbocycles. The summed E-state index contributed by atoms with van der Waals surface area (Å²) in [4.78, 5) is 17.6. The van der Waals surface area contributed by atoms with Crippen molar-refractivity contribution in [2.45, 2.75) is 26.4 Å². The molecule has 0 aliphatic heterocycles. The topological polar surface area (TPSA) is 75.4 Å². The van der Waals surface area contributed by atoms with Gasteiger partial charge in [0.2, 0.25) is 0 Å². The molecular weight excluding hydrogens is 328 g/mol. The minimum absolute atomic E-state index is 0.0160. The lowest BCUT2D eigenvalue weighted by Crippen LogP contribution is -2.24. The van der Waals surface area contributed by atoms with E-state index in [1.807, 2.05) is 13.8 Å². The lowest BCUT2D eigenvalue weighted by molar-refractivity contribution is 0.282. The smallest absolute Gasteiger partial charge is 0.265 e. The average molecular weight is 345 g/mol. The number of aliphatic hydroxyl groups excluding tert-OH is 1. The highest BCUT2D eigenvalue weighted by Crippen LogP contribution is 2.24. The molecule has 6 heteroatoms. The molecule has 0 fully saturated rings. The Kier molecular flexibility index (Phi) is 4.30. The van der Waals surface area contributed by atoms with Gasteiger partial charge in [-0.3, -0.25) is 9.36 Å². The van der Waals surface area contributed by atoms with Gasteiger partial charge >= 0.3 is 0 Å². The van der Waals surface area contributed by atoms with Crippen LogP contribution < -0.4 is 5.56 Å². The first-order valence-corrected chi connectivity index (χ1v) is 7.95. The second kappa shape index (κ2) is 6.26. The van der Waals surface area contributed by atoms with E-state index in [0.717, 1.165) is 0 Å². The number of rotatable bonds is 3. The van der Waals surface area contributed by atoms with Crippen molar-refractivity contribution < 1.29 is 10.2 Å². The first-order valence-electron chi connectivity index (χ1n) is 7.57. The summed E-state index contributed by atoms with van der Waals surface area (Å²) in [6.45, 7) is 3.67. The molecule has 0 atom stereocenters. The molecule has 1 heterocycles. The van der Waals surface area contributed by atoms with Gasteiger partial charge in [0.1, 0.15) is 11.6 Å². The van der Waals surface area contributed by atoms with Crippen LogP contribution in [0.5, 0.6) is 5.75 Å². The molecule has 0 aliphatic carbocycles. The van der Waals surface area contributed by atoms with Crippen LogP contribution in [-0.2, 0) is 6.61 Å². The highest BCUT2D eigenvalue weighted by atomic mass is 35.5. The van der Waals surface area contributed by atoms with E-state index in [0.29, 0.717) is 33.0 Å². The first kappa shape index (κ1) is 16.5. The molecule has 0 unspecified atom stereocenters. The highest BCUT2D eigenvalue weighted by Gasteiger charge is 2.16. The number of hydrogen-bond donors (Lipinski definition) is 2. The SMILES string of the molecule is CC(C)c1nc2cc(O)ccc2c(=O)n1-c1ccc(Cl)c(CO)c1. The summed E-state index contributed by atoms with van der Waals surface area (Å²) in [6.07, 6.45) is 0. The van der Waals surface area contributed by atoms with E-state index in [1.54, 1.807) is 24.3 Å². The number of phenolic OH excluding ortho intramolecular Hbond substituents is 1. The van der Waals surface area contributed by atoms with Crippen molar-refractivity contribution >= 4 is 22.5 Å². The third-order valence-electron chi connectivity index (χ3n) is 3.85. The van der Waals surface area contributed by atoms with Gasteiger partial charge in [-0.1, -0.05) is 25.4 Å². The summed E-state index contributed by atoms with van der Waals surface area (Å²) in [7, 11) is 0. The Morgan fingerprint density at radius 1 is 1.21 bits per heavy atom. The summed E-state index contributed by atoms with van der Waals surface area (Å²) in [6, 6.07) is 9.56. The van der Waals surface area contributed by atoms with Crippen molar-refractivity contribution in [1.29, 1.82) is 0 Å². The lowest BCUT2D eigenvalue weighted by Gasteiger charge is -2.17. The number of phenols is 1. The van der Waals surface area contributed by atoms with E-state index in [9.17, 15) is 15.0 Å². The number of aromatic hydroxyl groups is 1. The predicted molar refractivity (Wildman–Crippen MR) is 94.0 cm³/mol. The van der Waals surface area contributed by atoms with Crippen molar-refractivity contribution in [2.24, 2.45) is 0 Å². The van der Waals surface area contributed by atoms with Gasteiger partial charge in [-0.05, 0) is 35.9 Å². The Hall–Kier alpha value is -2.37. The fraction of sp³-hybridized carbons (Fsp3) is 0.222. The largest absolute Gasteiger partial charge is 0.508 e. The van der Waals surface area contributed by atoms with Gasteiger partial charge in [-0.15, -0.1) is 0 Å². The number of aromatic nitrogens is 2. The fourth-order valence-corrected chi connectivity index (χ4v) is 2.83. The molecule has 3 rings (SSSR count). The standard InChI is InChI=1S/C18H17ClN2O3/c1-10(2)17-20-16-8-13(23)4-5-14(16)18(24)21(17)12-3-6-15(19)11(7-12)9-22/h3-8,10,22-23H,9H2,1-2H3. The fourth-order valence-electron chi connectivity index (χ4n) is 2.65. The number of hydrogen-bond acceptors (Lipinski definition) is 4.